The van der Waals surface area contributed by atoms with Gasteiger partial charge < -0.3 is 9.88 Å². The van der Waals surface area contributed by atoms with Crippen LogP contribution in [0.2, 0.25) is 0 Å². The van der Waals surface area contributed by atoms with E-state index in [-0.39, 0.29) is 11.7 Å². The van der Waals surface area contributed by atoms with Crippen LogP contribution < -0.4 is 5.43 Å². The Morgan fingerprint density at radius 3 is 2.33 bits per heavy atom. The third-order valence-electron chi connectivity index (χ3n) is 3.07. The van der Waals surface area contributed by atoms with E-state index < -0.39 is 0 Å². The Bertz CT molecular complexity index is 447. The van der Waals surface area contributed by atoms with Gasteiger partial charge in [-0.2, -0.15) is 0 Å². The fraction of sp³-hybridized carbons (Fsp3) is 0.500. The topological polar surface area (TPSA) is 68.4 Å². The van der Waals surface area contributed by atoms with Gasteiger partial charge in [-0.15, -0.1) is 0 Å². The summed E-state index contributed by atoms with van der Waals surface area (Å²) in [6, 6.07) is 3.25. The van der Waals surface area contributed by atoms with Gasteiger partial charge >= 0.3 is 0 Å². The van der Waals surface area contributed by atoms with Gasteiger partial charge in [0, 0.05) is 33.1 Å². The Hall–Kier alpha value is -1.66. The number of ketones is 1. The van der Waals surface area contributed by atoms with Crippen molar-refractivity contribution in [3.8, 4) is 0 Å². The van der Waals surface area contributed by atoms with Crippen LogP contribution in [0.15, 0.2) is 12.1 Å². The third kappa shape index (κ3) is 2.96. The van der Waals surface area contributed by atoms with Crippen LogP contribution in [0.3, 0.4) is 0 Å². The Labute approximate surface area is 106 Å². The quantitative estimate of drug-likeness (QED) is 0.747. The predicted molar refractivity (Wildman–Crippen MR) is 67.3 cm³/mol. The average molecular weight is 250 g/mol. The van der Waals surface area contributed by atoms with E-state index in [1.165, 1.54) is 6.92 Å². The fourth-order valence-corrected chi connectivity index (χ4v) is 1.85. The molecule has 2 N–H and O–H groups in total. The molecule has 1 aliphatic rings. The van der Waals surface area contributed by atoms with Crippen molar-refractivity contribution >= 4 is 11.7 Å². The number of aromatic nitrogens is 1. The first-order valence-corrected chi connectivity index (χ1v) is 6.00. The van der Waals surface area contributed by atoms with Crippen molar-refractivity contribution < 1.29 is 9.59 Å². The lowest BCUT2D eigenvalue weighted by molar-refractivity contribution is 0.0658. The van der Waals surface area contributed by atoms with Gasteiger partial charge in [0.05, 0.1) is 5.69 Å². The highest BCUT2D eigenvalue weighted by molar-refractivity contribution is 5.97. The zero-order valence-electron chi connectivity index (χ0n) is 10.7. The molecule has 0 saturated carbocycles. The Kier molecular flexibility index (Phi) is 3.78. The molecule has 0 radical (unpaired) electrons. The van der Waals surface area contributed by atoms with E-state index in [4.69, 9.17) is 0 Å². The van der Waals surface area contributed by atoms with Gasteiger partial charge in [-0.3, -0.25) is 15.0 Å². The highest BCUT2D eigenvalue weighted by Gasteiger charge is 2.17. The number of H-pyrrole nitrogens is 1. The normalized spacial score (nSPS) is 17.7. The summed E-state index contributed by atoms with van der Waals surface area (Å²) < 4.78 is 0. The second kappa shape index (κ2) is 5.32. The number of carbonyl (C=O) groups excluding carboxylic acids is 2. The van der Waals surface area contributed by atoms with Crippen molar-refractivity contribution in [3.05, 3.63) is 23.5 Å². The van der Waals surface area contributed by atoms with E-state index in [0.717, 1.165) is 26.2 Å². The SMILES string of the molecule is CC(=O)c1ccc(C(=O)NN2CCN(C)CC2)[nH]1. The maximum Gasteiger partial charge on any atom is 0.281 e. The van der Waals surface area contributed by atoms with Gasteiger partial charge in [0.2, 0.25) is 0 Å². The second-order valence-electron chi connectivity index (χ2n) is 4.57. The number of amides is 1. The molecule has 0 atom stereocenters. The molecule has 2 rings (SSSR count). The molecular formula is C12H18N4O2. The van der Waals surface area contributed by atoms with Crippen molar-refractivity contribution in [2.45, 2.75) is 6.92 Å². The number of carbonyl (C=O) groups is 2. The lowest BCUT2D eigenvalue weighted by Gasteiger charge is -2.32. The minimum absolute atomic E-state index is 0.0753. The smallest absolute Gasteiger partial charge is 0.281 e. The standard InChI is InChI=1S/C12H18N4O2/c1-9(17)10-3-4-11(13-10)12(18)14-16-7-5-15(2)6-8-16/h3-4,13H,5-8H2,1-2H3,(H,14,18). The largest absolute Gasteiger partial charge is 0.348 e. The highest BCUT2D eigenvalue weighted by Crippen LogP contribution is 2.04. The molecule has 0 unspecified atom stereocenters. The molecule has 1 saturated heterocycles. The molecule has 1 aromatic rings. The van der Waals surface area contributed by atoms with Crippen LogP contribution in [-0.2, 0) is 0 Å². The van der Waals surface area contributed by atoms with E-state index >= 15 is 0 Å². The van der Waals surface area contributed by atoms with Crippen LogP contribution in [0, 0.1) is 0 Å². The van der Waals surface area contributed by atoms with Crippen LogP contribution in [0.5, 0.6) is 0 Å². The molecular weight excluding hydrogens is 232 g/mol. The number of aromatic amines is 1. The molecule has 0 aromatic carbocycles. The summed E-state index contributed by atoms with van der Waals surface area (Å²) in [5.41, 5.74) is 3.71. The molecule has 18 heavy (non-hydrogen) atoms. The van der Waals surface area contributed by atoms with Crippen molar-refractivity contribution in [3.63, 3.8) is 0 Å². The van der Waals surface area contributed by atoms with Crippen LogP contribution in [-0.4, -0.2) is 59.8 Å². The summed E-state index contributed by atoms with van der Waals surface area (Å²) >= 11 is 0. The predicted octanol–water partition coefficient (Wildman–Crippen LogP) is 0.110. The summed E-state index contributed by atoms with van der Waals surface area (Å²) in [5, 5.41) is 1.90. The highest BCUT2D eigenvalue weighted by atomic mass is 16.2. The van der Waals surface area contributed by atoms with Crippen molar-refractivity contribution in [2.75, 3.05) is 33.2 Å². The summed E-state index contributed by atoms with van der Waals surface area (Å²) in [4.78, 5) is 28.1. The summed E-state index contributed by atoms with van der Waals surface area (Å²) in [5.74, 6) is -0.277. The lowest BCUT2D eigenvalue weighted by atomic mass is 10.3. The molecule has 1 aromatic heterocycles. The Balaban J connectivity index is 1.93. The number of rotatable bonds is 3. The molecule has 1 amide bonds. The number of hydrogen-bond donors (Lipinski definition) is 2. The molecule has 0 bridgehead atoms. The first-order valence-electron chi connectivity index (χ1n) is 6.00. The summed E-state index contributed by atoms with van der Waals surface area (Å²) in [6.45, 7) is 4.95. The van der Waals surface area contributed by atoms with E-state index in [1.807, 2.05) is 5.01 Å². The van der Waals surface area contributed by atoms with Gasteiger partial charge in [-0.25, -0.2) is 5.01 Å². The minimum atomic E-state index is -0.202. The number of likely N-dealkylation sites (N-methyl/N-ethyl adjacent to an activating group) is 1. The van der Waals surface area contributed by atoms with E-state index in [1.54, 1.807) is 12.1 Å². The average Bonchev–Trinajstić information content (AvgIpc) is 2.81. The molecule has 0 aliphatic carbocycles. The Morgan fingerprint density at radius 1 is 1.17 bits per heavy atom. The fourth-order valence-electron chi connectivity index (χ4n) is 1.85. The molecule has 0 spiro atoms. The molecule has 98 valence electrons. The van der Waals surface area contributed by atoms with Crippen molar-refractivity contribution in [1.29, 1.82) is 0 Å². The van der Waals surface area contributed by atoms with E-state index in [9.17, 15) is 9.59 Å². The van der Waals surface area contributed by atoms with E-state index in [0.29, 0.717) is 11.4 Å². The number of nitrogens with zero attached hydrogens (tertiary/aromatic N) is 2. The van der Waals surface area contributed by atoms with E-state index in [2.05, 4.69) is 22.4 Å². The lowest BCUT2D eigenvalue weighted by Crippen LogP contribution is -2.52. The molecule has 6 heteroatoms. The second-order valence-corrected chi connectivity index (χ2v) is 4.57. The summed E-state index contributed by atoms with van der Waals surface area (Å²) in [6.07, 6.45) is 0. The van der Waals surface area contributed by atoms with Crippen molar-refractivity contribution in [2.24, 2.45) is 0 Å². The van der Waals surface area contributed by atoms with Crippen LogP contribution in [0.4, 0.5) is 0 Å². The van der Waals surface area contributed by atoms with Crippen LogP contribution in [0.25, 0.3) is 0 Å². The number of hydrazine groups is 1. The van der Waals surface area contributed by atoms with Crippen LogP contribution >= 0.6 is 0 Å². The Morgan fingerprint density at radius 2 is 1.78 bits per heavy atom. The van der Waals surface area contributed by atoms with Gasteiger partial charge in [0.15, 0.2) is 5.78 Å². The first-order chi connectivity index (χ1) is 8.56. The maximum atomic E-state index is 11.9. The summed E-state index contributed by atoms with van der Waals surface area (Å²) in [7, 11) is 2.06. The molecule has 1 fully saturated rings. The number of nitrogens with one attached hydrogen (secondary N) is 2. The number of piperazine rings is 1. The first kappa shape index (κ1) is 12.8. The van der Waals surface area contributed by atoms with Gasteiger partial charge in [0.25, 0.3) is 5.91 Å². The molecule has 2 heterocycles. The number of Topliss-reactive ketones (excluding diaryl/α,β-unsaturated/α-hetero) is 1. The molecule has 6 nitrogen and oxygen atoms in total. The maximum absolute atomic E-state index is 11.9. The number of hydrogen-bond acceptors (Lipinski definition) is 4. The monoisotopic (exact) mass is 250 g/mol. The van der Waals surface area contributed by atoms with Gasteiger partial charge in [-0.1, -0.05) is 0 Å². The molecule has 1 aliphatic heterocycles. The van der Waals surface area contributed by atoms with Crippen LogP contribution in [0.1, 0.15) is 27.9 Å². The van der Waals surface area contributed by atoms with Crippen molar-refractivity contribution in [1.82, 2.24) is 20.3 Å². The van der Waals surface area contributed by atoms with Gasteiger partial charge in [0.1, 0.15) is 5.69 Å². The zero-order chi connectivity index (χ0) is 13.1. The van der Waals surface area contributed by atoms with Gasteiger partial charge in [-0.05, 0) is 19.2 Å². The third-order valence-corrected chi connectivity index (χ3v) is 3.07. The minimum Gasteiger partial charge on any atom is -0.348 e. The zero-order valence-corrected chi connectivity index (χ0v) is 10.7.